The molecule has 2 saturated heterocycles. The Morgan fingerprint density at radius 3 is 2.63 bits per heavy atom. The quantitative estimate of drug-likeness (QED) is 0.241. The minimum Gasteiger partial charge on any atom is -0.493 e. The Labute approximate surface area is 267 Å². The van der Waals surface area contributed by atoms with Crippen molar-refractivity contribution in [2.75, 3.05) is 53.0 Å². The molecule has 4 aromatic rings. The summed E-state index contributed by atoms with van der Waals surface area (Å²) in [6, 6.07) is 15.5. The summed E-state index contributed by atoms with van der Waals surface area (Å²) >= 11 is 0. The van der Waals surface area contributed by atoms with Crippen LogP contribution in [0.15, 0.2) is 65.8 Å². The Hall–Kier alpha value is -4.77. The lowest BCUT2D eigenvalue weighted by atomic mass is 10.1. The number of amides is 2. The lowest BCUT2D eigenvalue weighted by molar-refractivity contribution is 0.0630. The summed E-state index contributed by atoms with van der Waals surface area (Å²) in [7, 11) is 1.59. The molecule has 11 heteroatoms. The molecule has 10 nitrogen and oxygen atoms in total. The van der Waals surface area contributed by atoms with Gasteiger partial charge in [0.05, 0.1) is 36.5 Å². The van der Waals surface area contributed by atoms with E-state index in [9.17, 15) is 14.0 Å². The number of aliphatic imine (C=N–C) groups is 1. The van der Waals surface area contributed by atoms with Gasteiger partial charge in [0, 0.05) is 56.8 Å². The first-order chi connectivity index (χ1) is 22.5. The van der Waals surface area contributed by atoms with Crippen molar-refractivity contribution in [1.29, 1.82) is 0 Å². The highest BCUT2D eigenvalue weighted by Crippen LogP contribution is 2.38. The van der Waals surface area contributed by atoms with Crippen molar-refractivity contribution in [3.63, 3.8) is 0 Å². The number of pyridine rings is 1. The van der Waals surface area contributed by atoms with Crippen LogP contribution in [0.3, 0.4) is 0 Å². The first-order valence-electron chi connectivity index (χ1n) is 15.9. The van der Waals surface area contributed by atoms with Crippen LogP contribution in [0.2, 0.25) is 0 Å². The zero-order chi connectivity index (χ0) is 31.6. The first kappa shape index (κ1) is 29.9. The fourth-order valence-corrected chi connectivity index (χ4v) is 6.56. The molecule has 46 heavy (non-hydrogen) atoms. The van der Waals surface area contributed by atoms with Crippen molar-refractivity contribution in [2.24, 2.45) is 4.99 Å². The van der Waals surface area contributed by atoms with Crippen LogP contribution >= 0.6 is 0 Å². The molecule has 2 aromatic carbocycles. The van der Waals surface area contributed by atoms with Crippen LogP contribution in [0.4, 0.5) is 10.1 Å². The number of carbonyl (C=O) groups excluding carboxylic acids is 2. The van der Waals surface area contributed by atoms with Crippen LogP contribution in [0.5, 0.6) is 11.5 Å². The van der Waals surface area contributed by atoms with Gasteiger partial charge in [-0.2, -0.15) is 0 Å². The number of unbranched alkanes of at least 4 members (excludes halogenated alkanes) is 1. The van der Waals surface area contributed by atoms with Gasteiger partial charge in [0.1, 0.15) is 11.6 Å². The molecule has 3 aliphatic rings. The minimum atomic E-state index is -0.314. The number of fused-ring (bicyclic) bond motifs is 3. The second-order valence-corrected chi connectivity index (χ2v) is 11.9. The Morgan fingerprint density at radius 1 is 1.00 bits per heavy atom. The van der Waals surface area contributed by atoms with Crippen LogP contribution < -0.4 is 9.47 Å². The van der Waals surface area contributed by atoms with Crippen molar-refractivity contribution < 1.29 is 23.5 Å². The first-order valence-corrected chi connectivity index (χ1v) is 15.9. The predicted molar refractivity (Wildman–Crippen MR) is 173 cm³/mol. The summed E-state index contributed by atoms with van der Waals surface area (Å²) in [4.78, 5) is 42.2. The number of imidazole rings is 1. The maximum absolute atomic E-state index is 13.6. The Morgan fingerprint density at radius 2 is 1.83 bits per heavy atom. The lowest BCUT2D eigenvalue weighted by Crippen LogP contribution is -2.49. The SMILES string of the molecule is COc1cc2c(cc1OCCCCN1CCN(C(=O)c3nc(-c4ccc(F)cc4)n4ccccc34)CC1)N=C[C@@H]1CCCN1C2=O. The monoisotopic (exact) mass is 624 g/mol. The highest BCUT2D eigenvalue weighted by molar-refractivity contribution is 6.03. The molecular formula is C35H37FN6O4. The molecule has 0 bridgehead atoms. The molecule has 238 valence electrons. The molecule has 0 radical (unpaired) electrons. The Balaban J connectivity index is 0.912. The number of aromatic nitrogens is 2. The number of rotatable bonds is 9. The normalized spacial score (nSPS) is 18.0. The number of methoxy groups -OCH3 is 1. The molecule has 0 unspecified atom stereocenters. The van der Waals surface area contributed by atoms with E-state index in [0.29, 0.717) is 54.0 Å². The second-order valence-electron chi connectivity index (χ2n) is 11.9. The van der Waals surface area contributed by atoms with Gasteiger partial charge in [-0.05, 0) is 74.7 Å². The van der Waals surface area contributed by atoms with Gasteiger partial charge in [-0.25, -0.2) is 9.37 Å². The van der Waals surface area contributed by atoms with E-state index in [-0.39, 0.29) is 23.7 Å². The topological polar surface area (TPSA) is 92.0 Å². The molecule has 0 aliphatic carbocycles. The summed E-state index contributed by atoms with van der Waals surface area (Å²) in [5, 5.41) is 0. The molecule has 2 aromatic heterocycles. The summed E-state index contributed by atoms with van der Waals surface area (Å²) in [5.41, 5.74) is 3.07. The Bertz CT molecular complexity index is 1780. The van der Waals surface area contributed by atoms with Gasteiger partial charge in [-0.3, -0.25) is 23.9 Å². The van der Waals surface area contributed by atoms with E-state index in [1.54, 1.807) is 25.3 Å². The number of ether oxygens (including phenoxy) is 2. The summed E-state index contributed by atoms with van der Waals surface area (Å²) in [6.45, 7) is 4.99. The van der Waals surface area contributed by atoms with Crippen LogP contribution in [0.1, 0.15) is 46.5 Å². The zero-order valence-electron chi connectivity index (χ0n) is 25.9. The van der Waals surface area contributed by atoms with Gasteiger partial charge >= 0.3 is 0 Å². The third kappa shape index (κ3) is 5.82. The lowest BCUT2D eigenvalue weighted by Gasteiger charge is -2.34. The molecule has 5 heterocycles. The van der Waals surface area contributed by atoms with Crippen molar-refractivity contribution in [2.45, 2.75) is 31.7 Å². The van der Waals surface area contributed by atoms with Crippen molar-refractivity contribution in [1.82, 2.24) is 24.1 Å². The smallest absolute Gasteiger partial charge is 0.274 e. The third-order valence-electron chi connectivity index (χ3n) is 9.10. The number of nitrogens with zero attached hydrogens (tertiary/aromatic N) is 6. The van der Waals surface area contributed by atoms with Gasteiger partial charge in [0.2, 0.25) is 0 Å². The molecule has 0 saturated carbocycles. The summed E-state index contributed by atoms with van der Waals surface area (Å²) in [6.07, 6.45) is 7.48. The third-order valence-corrected chi connectivity index (χ3v) is 9.10. The van der Waals surface area contributed by atoms with Crippen LogP contribution in [-0.2, 0) is 0 Å². The molecule has 7 rings (SSSR count). The van der Waals surface area contributed by atoms with E-state index < -0.39 is 0 Å². The average molecular weight is 625 g/mol. The molecule has 0 N–H and O–H groups in total. The van der Waals surface area contributed by atoms with Crippen LogP contribution in [0.25, 0.3) is 16.9 Å². The van der Waals surface area contributed by atoms with Crippen molar-refractivity contribution in [3.8, 4) is 22.9 Å². The molecular weight excluding hydrogens is 587 g/mol. The minimum absolute atomic E-state index is 0.00494. The van der Waals surface area contributed by atoms with E-state index in [4.69, 9.17) is 14.5 Å². The van der Waals surface area contributed by atoms with Gasteiger partial charge in [0.15, 0.2) is 17.2 Å². The molecule has 2 fully saturated rings. The van der Waals surface area contributed by atoms with Gasteiger partial charge in [0.25, 0.3) is 11.8 Å². The average Bonchev–Trinajstić information content (AvgIpc) is 3.69. The van der Waals surface area contributed by atoms with Crippen LogP contribution in [-0.4, -0.2) is 101 Å². The maximum Gasteiger partial charge on any atom is 0.274 e. The largest absolute Gasteiger partial charge is 0.493 e. The molecule has 3 aliphatic heterocycles. The van der Waals surface area contributed by atoms with Crippen LogP contribution in [0, 0.1) is 5.82 Å². The number of hydrogen-bond donors (Lipinski definition) is 0. The number of piperazine rings is 1. The van der Waals surface area contributed by atoms with E-state index in [2.05, 4.69) is 9.89 Å². The molecule has 2 amide bonds. The van der Waals surface area contributed by atoms with E-state index in [0.717, 1.165) is 62.9 Å². The van der Waals surface area contributed by atoms with Gasteiger partial charge < -0.3 is 19.3 Å². The highest BCUT2D eigenvalue weighted by atomic mass is 19.1. The second kappa shape index (κ2) is 12.9. The zero-order valence-corrected chi connectivity index (χ0v) is 25.9. The predicted octanol–water partition coefficient (Wildman–Crippen LogP) is 5.09. The van der Waals surface area contributed by atoms with E-state index in [1.165, 1.54) is 12.1 Å². The Kier molecular flexibility index (Phi) is 8.40. The number of carbonyl (C=O) groups is 2. The molecule has 1 atom stereocenters. The van der Waals surface area contributed by atoms with Crippen molar-refractivity contribution >= 4 is 29.2 Å². The van der Waals surface area contributed by atoms with Crippen molar-refractivity contribution in [3.05, 3.63) is 77.9 Å². The summed E-state index contributed by atoms with van der Waals surface area (Å²) in [5.74, 6) is 1.34. The van der Waals surface area contributed by atoms with Gasteiger partial charge in [-0.1, -0.05) is 6.07 Å². The number of halogens is 1. The standard InChI is InChI=1S/C35H37FN6O4/c1-45-30-21-27-28(37-23-26-7-6-15-41(26)34(27)43)22-31(30)46-20-5-4-13-39-16-18-40(19-17-39)35(44)32-29-8-2-3-14-42(29)33(38-32)24-9-11-25(36)12-10-24/h2-3,8-12,14,21-23,26H,4-7,13,15-20H2,1H3/t26-/m0/s1. The number of hydrogen-bond acceptors (Lipinski definition) is 7. The maximum atomic E-state index is 13.6. The number of benzene rings is 2. The fraction of sp³-hybridized carbons (Fsp3) is 0.371. The van der Waals surface area contributed by atoms with Gasteiger partial charge in [-0.15, -0.1) is 0 Å². The summed E-state index contributed by atoms with van der Waals surface area (Å²) < 4.78 is 27.1. The van der Waals surface area contributed by atoms with E-state index >= 15 is 0 Å². The van der Waals surface area contributed by atoms with E-state index in [1.807, 2.05) is 50.9 Å². The fourth-order valence-electron chi connectivity index (χ4n) is 6.56. The highest BCUT2D eigenvalue weighted by Gasteiger charge is 2.32. The molecule has 0 spiro atoms.